The van der Waals surface area contributed by atoms with Gasteiger partial charge in [-0.3, -0.25) is 0 Å². The van der Waals surface area contributed by atoms with Crippen LogP contribution in [0.15, 0.2) is 56.0 Å². The molecule has 0 unspecified atom stereocenters. The van der Waals surface area contributed by atoms with Crippen molar-refractivity contribution in [3.05, 3.63) is 58.7 Å². The fourth-order valence-corrected chi connectivity index (χ4v) is 6.98. The van der Waals surface area contributed by atoms with Crippen molar-refractivity contribution in [1.82, 2.24) is 9.97 Å². The van der Waals surface area contributed by atoms with Crippen LogP contribution in [0.5, 0.6) is 23.0 Å². The van der Waals surface area contributed by atoms with Crippen LogP contribution in [0.1, 0.15) is 11.5 Å². The summed E-state index contributed by atoms with van der Waals surface area (Å²) < 4.78 is 35.9. The van der Waals surface area contributed by atoms with Crippen LogP contribution in [0, 0.1) is 13.8 Å². The van der Waals surface area contributed by atoms with Gasteiger partial charge in [-0.25, -0.2) is 9.97 Å². The zero-order valence-corrected chi connectivity index (χ0v) is 23.2. The highest BCUT2D eigenvalue weighted by Crippen LogP contribution is 2.51. The maximum atomic E-state index is 6.06. The summed E-state index contributed by atoms with van der Waals surface area (Å²) in [6.07, 6.45) is 0. The monoisotopic (exact) mass is 570 g/mol. The summed E-state index contributed by atoms with van der Waals surface area (Å²) in [4.78, 5) is 12.4. The zero-order valence-electron chi connectivity index (χ0n) is 21.6. The summed E-state index contributed by atoms with van der Waals surface area (Å²) in [6, 6.07) is 11.8. The number of ether oxygens (including phenoxy) is 4. The Morgan fingerprint density at radius 3 is 1.45 bits per heavy atom. The third kappa shape index (κ3) is 3.70. The van der Waals surface area contributed by atoms with Gasteiger partial charge in [0, 0.05) is 21.9 Å². The lowest BCUT2D eigenvalue weighted by atomic mass is 10.0. The number of aryl methyl sites for hydroxylation is 2. The summed E-state index contributed by atoms with van der Waals surface area (Å²) >= 11 is 3.13. The molecule has 0 amide bonds. The molecule has 5 aromatic heterocycles. The van der Waals surface area contributed by atoms with Crippen LogP contribution in [0.25, 0.3) is 54.8 Å². The molecule has 200 valence electrons. The van der Waals surface area contributed by atoms with E-state index in [0.717, 1.165) is 55.4 Å². The van der Waals surface area contributed by atoms with E-state index in [9.17, 15) is 0 Å². The summed E-state index contributed by atoms with van der Waals surface area (Å²) in [7, 11) is 0. The minimum Gasteiger partial charge on any atom is -0.485 e. The molecule has 0 N–H and O–H groups in total. The number of nitrogens with zero attached hydrogens (tertiary/aromatic N) is 2. The summed E-state index contributed by atoms with van der Waals surface area (Å²) in [5.74, 6) is 5.77. The summed E-state index contributed by atoms with van der Waals surface area (Å²) in [6.45, 7) is 5.88. The third-order valence-electron chi connectivity index (χ3n) is 6.86. The smallest absolute Gasteiger partial charge is 0.180 e. The Hall–Kier alpha value is -4.28. The number of aromatic nitrogens is 2. The quantitative estimate of drug-likeness (QED) is 0.212. The van der Waals surface area contributed by atoms with E-state index in [4.69, 9.17) is 37.7 Å². The molecule has 0 aliphatic carbocycles. The van der Waals surface area contributed by atoms with E-state index >= 15 is 0 Å². The highest BCUT2D eigenvalue weighted by atomic mass is 32.1. The van der Waals surface area contributed by atoms with Crippen LogP contribution in [0.2, 0.25) is 0 Å². The Balaban J connectivity index is 1.45. The molecular weight excluding hydrogens is 548 g/mol. The molecule has 0 fully saturated rings. The van der Waals surface area contributed by atoms with Gasteiger partial charge in [-0.05, 0) is 38.1 Å². The fourth-order valence-electron chi connectivity index (χ4n) is 5.07. The van der Waals surface area contributed by atoms with E-state index in [1.807, 2.05) is 48.9 Å². The van der Waals surface area contributed by atoms with E-state index in [0.29, 0.717) is 60.4 Å². The average Bonchev–Trinajstić information content (AvgIpc) is 3.78. The van der Waals surface area contributed by atoms with Crippen molar-refractivity contribution in [1.29, 1.82) is 0 Å². The van der Waals surface area contributed by atoms with Crippen molar-refractivity contribution in [2.24, 2.45) is 0 Å². The minimum atomic E-state index is 0.496. The molecule has 8 nitrogen and oxygen atoms in total. The lowest BCUT2D eigenvalue weighted by molar-refractivity contribution is 0.174. The van der Waals surface area contributed by atoms with Crippen molar-refractivity contribution in [3.63, 3.8) is 0 Å². The Morgan fingerprint density at radius 1 is 0.575 bits per heavy atom. The van der Waals surface area contributed by atoms with Crippen molar-refractivity contribution >= 4 is 33.7 Å². The van der Waals surface area contributed by atoms with Gasteiger partial charge in [0.25, 0.3) is 0 Å². The van der Waals surface area contributed by atoms with E-state index in [1.165, 1.54) is 0 Å². The Morgan fingerprint density at radius 2 is 1.02 bits per heavy atom. The molecule has 40 heavy (non-hydrogen) atoms. The van der Waals surface area contributed by atoms with E-state index < -0.39 is 0 Å². The van der Waals surface area contributed by atoms with Crippen LogP contribution in [-0.2, 0) is 0 Å². The number of thiophene rings is 2. The highest BCUT2D eigenvalue weighted by Gasteiger charge is 2.28. The molecule has 2 aliphatic rings. The first kappa shape index (κ1) is 23.6. The largest absolute Gasteiger partial charge is 0.485 e. The van der Waals surface area contributed by atoms with Gasteiger partial charge in [0.2, 0.25) is 0 Å². The maximum absolute atomic E-state index is 6.06. The SMILES string of the molecule is Cc1ccc(-c2nc3c(-c4scc5c4OCCO5)ccc(-c4scc5c4OCCO5)c3nc2-c2ccc(C)o2)o1. The Labute approximate surface area is 236 Å². The first-order valence-electron chi connectivity index (χ1n) is 12.9. The van der Waals surface area contributed by atoms with Crippen molar-refractivity contribution < 1.29 is 27.8 Å². The van der Waals surface area contributed by atoms with Crippen LogP contribution in [0.4, 0.5) is 0 Å². The summed E-state index contributed by atoms with van der Waals surface area (Å²) in [5, 5.41) is 3.96. The van der Waals surface area contributed by atoms with Gasteiger partial charge in [-0.15, -0.1) is 22.7 Å². The van der Waals surface area contributed by atoms with Crippen molar-refractivity contribution in [2.75, 3.05) is 26.4 Å². The van der Waals surface area contributed by atoms with Gasteiger partial charge in [-0.1, -0.05) is 12.1 Å². The molecule has 8 rings (SSSR count). The van der Waals surface area contributed by atoms with Crippen molar-refractivity contribution in [3.8, 4) is 66.8 Å². The molecule has 0 bridgehead atoms. The van der Waals surface area contributed by atoms with E-state index in [2.05, 4.69) is 12.1 Å². The molecular formula is C30H22N2O6S2. The molecule has 0 spiro atoms. The second kappa shape index (κ2) is 9.14. The number of benzene rings is 1. The molecule has 10 heteroatoms. The van der Waals surface area contributed by atoms with E-state index in [1.54, 1.807) is 22.7 Å². The van der Waals surface area contributed by atoms with Gasteiger partial charge in [0.05, 0.1) is 20.8 Å². The standard InChI is InChI=1S/C30H22N2O6S2/c1-15-3-7-19(37-15)25-26(20-8-4-16(2)38-20)32-24-18(30-28-22(14-40-30)34-10-12-36-28)6-5-17(23(24)31-25)29-27-21(13-39-29)33-9-11-35-27/h3-8,13-14H,9-12H2,1-2H3. The zero-order chi connectivity index (χ0) is 26.8. The maximum Gasteiger partial charge on any atom is 0.180 e. The van der Waals surface area contributed by atoms with Crippen LogP contribution in [0.3, 0.4) is 0 Å². The second-order valence-electron chi connectivity index (χ2n) is 9.51. The Kier molecular flexibility index (Phi) is 5.39. The third-order valence-corrected chi connectivity index (χ3v) is 8.81. The molecule has 1 aromatic carbocycles. The molecule has 2 aliphatic heterocycles. The van der Waals surface area contributed by atoms with Gasteiger partial charge >= 0.3 is 0 Å². The van der Waals surface area contributed by atoms with Crippen molar-refractivity contribution in [2.45, 2.75) is 13.8 Å². The normalized spacial score (nSPS) is 14.2. The van der Waals surface area contributed by atoms with Crippen LogP contribution in [-0.4, -0.2) is 36.4 Å². The first-order chi connectivity index (χ1) is 19.6. The molecule has 0 saturated carbocycles. The number of fused-ring (bicyclic) bond motifs is 3. The Bertz CT molecular complexity index is 1780. The van der Waals surface area contributed by atoms with Gasteiger partial charge in [0.1, 0.15) is 49.3 Å². The van der Waals surface area contributed by atoms with Gasteiger partial charge in [0.15, 0.2) is 34.5 Å². The lowest BCUT2D eigenvalue weighted by Crippen LogP contribution is -2.14. The first-order valence-corrected chi connectivity index (χ1v) is 14.6. The predicted molar refractivity (Wildman–Crippen MR) is 153 cm³/mol. The lowest BCUT2D eigenvalue weighted by Gasteiger charge is -2.18. The topological polar surface area (TPSA) is 89.0 Å². The summed E-state index contributed by atoms with van der Waals surface area (Å²) in [5.41, 5.74) is 4.43. The van der Waals surface area contributed by atoms with Gasteiger partial charge in [-0.2, -0.15) is 0 Å². The van der Waals surface area contributed by atoms with Crippen LogP contribution >= 0.6 is 22.7 Å². The molecule has 0 radical (unpaired) electrons. The molecule has 7 heterocycles. The molecule has 6 aromatic rings. The number of hydrogen-bond donors (Lipinski definition) is 0. The molecule has 0 atom stereocenters. The molecule has 0 saturated heterocycles. The van der Waals surface area contributed by atoms with Crippen LogP contribution < -0.4 is 18.9 Å². The second-order valence-corrected chi connectivity index (χ2v) is 11.3. The average molecular weight is 571 g/mol. The minimum absolute atomic E-state index is 0.496. The van der Waals surface area contributed by atoms with E-state index in [-0.39, 0.29) is 0 Å². The predicted octanol–water partition coefficient (Wildman–Crippen LogP) is 7.77. The number of hydrogen-bond acceptors (Lipinski definition) is 10. The fraction of sp³-hybridized carbons (Fsp3) is 0.200. The highest BCUT2D eigenvalue weighted by molar-refractivity contribution is 7.15. The number of furan rings is 2. The van der Waals surface area contributed by atoms with Gasteiger partial charge < -0.3 is 27.8 Å². The number of rotatable bonds is 4.